The molecular weight excluding hydrogens is 342 g/mol. The number of halogens is 1. The Morgan fingerprint density at radius 3 is 2.35 bits per heavy atom. The molecule has 0 unspecified atom stereocenters. The summed E-state index contributed by atoms with van der Waals surface area (Å²) in [4.78, 5) is 9.09. The summed E-state index contributed by atoms with van der Waals surface area (Å²) >= 11 is 6.31. The molecule has 0 aliphatic heterocycles. The van der Waals surface area contributed by atoms with Gasteiger partial charge in [0.25, 0.3) is 0 Å². The molecule has 4 rings (SSSR count). The van der Waals surface area contributed by atoms with Crippen LogP contribution >= 0.6 is 11.6 Å². The number of fused-ring (bicyclic) bond motifs is 1. The first-order chi connectivity index (χ1) is 12.6. The van der Waals surface area contributed by atoms with Gasteiger partial charge in [0.2, 0.25) is 0 Å². The molecule has 4 heteroatoms. The second-order valence-electron chi connectivity index (χ2n) is 6.33. The Morgan fingerprint density at radius 1 is 0.923 bits per heavy atom. The van der Waals surface area contributed by atoms with Gasteiger partial charge in [-0.05, 0) is 30.2 Å². The first-order valence-corrected chi connectivity index (χ1v) is 8.88. The van der Waals surface area contributed by atoms with Crippen LogP contribution in [0.5, 0.6) is 0 Å². The van der Waals surface area contributed by atoms with E-state index in [0.29, 0.717) is 5.15 Å². The van der Waals surface area contributed by atoms with Gasteiger partial charge in [0.15, 0.2) is 0 Å². The number of nitrogens with zero attached hydrogens (tertiary/aromatic N) is 2. The van der Waals surface area contributed by atoms with E-state index in [1.54, 1.807) is 6.20 Å². The molecule has 2 aromatic heterocycles. The Hall–Kier alpha value is -2.75. The van der Waals surface area contributed by atoms with Crippen LogP contribution < -0.4 is 5.73 Å². The van der Waals surface area contributed by atoms with E-state index < -0.39 is 0 Å². The summed E-state index contributed by atoms with van der Waals surface area (Å²) in [6.07, 6.45) is 1.68. The van der Waals surface area contributed by atoms with Crippen molar-refractivity contribution in [2.75, 3.05) is 0 Å². The molecule has 0 saturated heterocycles. The van der Waals surface area contributed by atoms with Crippen molar-refractivity contribution in [2.24, 2.45) is 5.73 Å². The highest BCUT2D eigenvalue weighted by Gasteiger charge is 2.13. The molecule has 0 bridgehead atoms. The maximum atomic E-state index is 6.31. The summed E-state index contributed by atoms with van der Waals surface area (Å²) in [7, 11) is 0. The van der Waals surface area contributed by atoms with E-state index in [4.69, 9.17) is 22.3 Å². The summed E-state index contributed by atoms with van der Waals surface area (Å²) in [5.41, 5.74) is 12.0. The molecule has 2 N–H and O–H groups in total. The SMILES string of the molecule is C[C@@H](N)c1ccc(-c2nc3ccnc(Cl)c3cc2-c2ccccc2)cc1. The molecule has 26 heavy (non-hydrogen) atoms. The smallest absolute Gasteiger partial charge is 0.138 e. The Kier molecular flexibility index (Phi) is 4.41. The summed E-state index contributed by atoms with van der Waals surface area (Å²) < 4.78 is 0. The number of aromatic nitrogens is 2. The monoisotopic (exact) mass is 359 g/mol. The van der Waals surface area contributed by atoms with Crippen molar-refractivity contribution >= 4 is 22.5 Å². The molecule has 0 aliphatic carbocycles. The Bertz CT molecular complexity index is 1060. The van der Waals surface area contributed by atoms with Crippen LogP contribution in [0.4, 0.5) is 0 Å². The van der Waals surface area contributed by atoms with Crippen LogP contribution in [0.2, 0.25) is 5.15 Å². The fourth-order valence-electron chi connectivity index (χ4n) is 3.07. The van der Waals surface area contributed by atoms with E-state index >= 15 is 0 Å². The zero-order chi connectivity index (χ0) is 18.1. The maximum Gasteiger partial charge on any atom is 0.138 e. The zero-order valence-electron chi connectivity index (χ0n) is 14.4. The Balaban J connectivity index is 1.97. The van der Waals surface area contributed by atoms with E-state index in [1.807, 2.05) is 31.2 Å². The predicted molar refractivity (Wildman–Crippen MR) is 108 cm³/mol. The minimum Gasteiger partial charge on any atom is -0.324 e. The van der Waals surface area contributed by atoms with Crippen LogP contribution in [0, 0.1) is 0 Å². The number of rotatable bonds is 3. The molecule has 0 amide bonds. The molecule has 128 valence electrons. The van der Waals surface area contributed by atoms with Crippen molar-refractivity contribution < 1.29 is 0 Å². The highest BCUT2D eigenvalue weighted by Crippen LogP contribution is 2.35. The summed E-state index contributed by atoms with van der Waals surface area (Å²) in [5.74, 6) is 0. The summed E-state index contributed by atoms with van der Waals surface area (Å²) in [6.45, 7) is 1.98. The van der Waals surface area contributed by atoms with Gasteiger partial charge in [0.05, 0.1) is 11.2 Å². The average Bonchev–Trinajstić information content (AvgIpc) is 2.68. The minimum absolute atomic E-state index is 0.00656. The van der Waals surface area contributed by atoms with Crippen molar-refractivity contribution in [2.45, 2.75) is 13.0 Å². The number of pyridine rings is 2. The van der Waals surface area contributed by atoms with E-state index in [9.17, 15) is 0 Å². The lowest BCUT2D eigenvalue weighted by Gasteiger charge is -2.13. The van der Waals surface area contributed by atoms with E-state index in [1.165, 1.54) is 0 Å². The standard InChI is InChI=1S/C22H18ClN3/c1-14(24)15-7-9-17(10-8-15)21-18(16-5-3-2-4-6-16)13-19-20(26-21)11-12-25-22(19)23/h2-14H,24H2,1H3/t14-/m1/s1. The molecule has 0 aliphatic rings. The van der Waals surface area contributed by atoms with Gasteiger partial charge < -0.3 is 5.73 Å². The van der Waals surface area contributed by atoms with Crippen molar-refractivity contribution in [3.8, 4) is 22.4 Å². The predicted octanol–water partition coefficient (Wildman–Crippen LogP) is 5.64. The van der Waals surface area contributed by atoms with Crippen LogP contribution in [0.15, 0.2) is 72.9 Å². The maximum absolute atomic E-state index is 6.31. The third-order valence-electron chi connectivity index (χ3n) is 4.49. The highest BCUT2D eigenvalue weighted by atomic mass is 35.5. The van der Waals surface area contributed by atoms with Crippen molar-refractivity contribution in [1.29, 1.82) is 0 Å². The minimum atomic E-state index is 0.00656. The summed E-state index contributed by atoms with van der Waals surface area (Å²) in [6, 6.07) is 22.4. The Labute approximate surface area is 157 Å². The first-order valence-electron chi connectivity index (χ1n) is 8.50. The Morgan fingerprint density at radius 2 is 1.65 bits per heavy atom. The lowest BCUT2D eigenvalue weighted by molar-refractivity contribution is 0.818. The average molecular weight is 360 g/mol. The van der Waals surface area contributed by atoms with E-state index in [0.717, 1.165) is 38.9 Å². The van der Waals surface area contributed by atoms with Crippen LogP contribution in [-0.2, 0) is 0 Å². The molecular formula is C22H18ClN3. The number of hydrogen-bond donors (Lipinski definition) is 1. The molecule has 2 heterocycles. The van der Waals surface area contributed by atoms with E-state index in [-0.39, 0.29) is 6.04 Å². The lowest BCUT2D eigenvalue weighted by Crippen LogP contribution is -2.04. The molecule has 0 fully saturated rings. The number of benzene rings is 2. The zero-order valence-corrected chi connectivity index (χ0v) is 15.1. The molecule has 0 saturated carbocycles. The van der Waals surface area contributed by atoms with Crippen LogP contribution in [0.25, 0.3) is 33.3 Å². The topological polar surface area (TPSA) is 51.8 Å². The van der Waals surface area contributed by atoms with Gasteiger partial charge in [0.1, 0.15) is 5.15 Å². The first kappa shape index (κ1) is 16.7. The van der Waals surface area contributed by atoms with E-state index in [2.05, 4.69) is 47.4 Å². The van der Waals surface area contributed by atoms with Gasteiger partial charge in [-0.3, -0.25) is 0 Å². The molecule has 1 atom stereocenters. The van der Waals surface area contributed by atoms with Gasteiger partial charge in [-0.25, -0.2) is 9.97 Å². The molecule has 0 spiro atoms. The second-order valence-corrected chi connectivity index (χ2v) is 6.69. The molecule has 2 aromatic carbocycles. The lowest BCUT2D eigenvalue weighted by atomic mass is 9.96. The number of hydrogen-bond acceptors (Lipinski definition) is 3. The van der Waals surface area contributed by atoms with Gasteiger partial charge in [-0.2, -0.15) is 0 Å². The third-order valence-corrected chi connectivity index (χ3v) is 4.79. The van der Waals surface area contributed by atoms with Crippen LogP contribution in [0.3, 0.4) is 0 Å². The van der Waals surface area contributed by atoms with Crippen molar-refractivity contribution in [1.82, 2.24) is 9.97 Å². The van der Waals surface area contributed by atoms with Crippen LogP contribution in [-0.4, -0.2) is 9.97 Å². The summed E-state index contributed by atoms with van der Waals surface area (Å²) in [5, 5.41) is 1.31. The molecule has 4 aromatic rings. The largest absolute Gasteiger partial charge is 0.324 e. The quantitative estimate of drug-likeness (QED) is 0.482. The van der Waals surface area contributed by atoms with Gasteiger partial charge in [0, 0.05) is 28.8 Å². The normalized spacial score (nSPS) is 12.3. The third kappa shape index (κ3) is 3.07. The van der Waals surface area contributed by atoms with Crippen molar-refractivity contribution in [3.05, 3.63) is 83.6 Å². The van der Waals surface area contributed by atoms with Crippen molar-refractivity contribution in [3.63, 3.8) is 0 Å². The number of nitrogens with two attached hydrogens (primary N) is 1. The second kappa shape index (κ2) is 6.87. The highest BCUT2D eigenvalue weighted by molar-refractivity contribution is 6.34. The fraction of sp³-hybridized carbons (Fsp3) is 0.0909. The molecule has 3 nitrogen and oxygen atoms in total. The van der Waals surface area contributed by atoms with Gasteiger partial charge >= 0.3 is 0 Å². The molecule has 0 radical (unpaired) electrons. The fourth-order valence-corrected chi connectivity index (χ4v) is 3.27. The van der Waals surface area contributed by atoms with Gasteiger partial charge in [-0.15, -0.1) is 0 Å². The van der Waals surface area contributed by atoms with Crippen LogP contribution in [0.1, 0.15) is 18.5 Å². The van der Waals surface area contributed by atoms with Gasteiger partial charge in [-0.1, -0.05) is 66.2 Å².